The van der Waals surface area contributed by atoms with Crippen LogP contribution in [0.5, 0.6) is 5.88 Å². The molecule has 8 heteroatoms. The van der Waals surface area contributed by atoms with Gasteiger partial charge in [0.2, 0.25) is 5.88 Å². The molecule has 0 atom stereocenters. The Morgan fingerprint density at radius 2 is 2.00 bits per heavy atom. The van der Waals surface area contributed by atoms with Crippen molar-refractivity contribution in [1.29, 1.82) is 0 Å². The van der Waals surface area contributed by atoms with E-state index in [9.17, 15) is 0 Å². The van der Waals surface area contributed by atoms with Crippen LogP contribution in [0, 0.1) is 0 Å². The van der Waals surface area contributed by atoms with Gasteiger partial charge in [0.1, 0.15) is 0 Å². The van der Waals surface area contributed by atoms with E-state index in [1.807, 2.05) is 22.8 Å². The van der Waals surface area contributed by atoms with Gasteiger partial charge in [0.25, 0.3) is 0 Å². The summed E-state index contributed by atoms with van der Waals surface area (Å²) < 4.78 is 7.02. The molecule has 4 heterocycles. The lowest BCUT2D eigenvalue weighted by molar-refractivity contribution is 0.200. The van der Waals surface area contributed by atoms with E-state index in [1.54, 1.807) is 19.4 Å². The summed E-state index contributed by atoms with van der Waals surface area (Å²) in [4.78, 5) is 2.44. The highest BCUT2D eigenvalue weighted by molar-refractivity contribution is 5.38. The zero-order valence-electron chi connectivity index (χ0n) is 13.5. The number of aromatic nitrogens is 6. The SMILES string of the molecule is COc1ccc2nnc(C3CCN(Cc4ccnnc4)CC3)n2n1. The molecule has 0 spiro atoms. The average molecular weight is 325 g/mol. The second-order valence-corrected chi connectivity index (χ2v) is 6.01. The standard InChI is InChI=1S/C16H19N7O/c1-24-15-3-2-14-19-20-16(23(14)21-15)13-5-8-22(9-6-13)11-12-4-7-17-18-10-12/h2-4,7,10,13H,5-6,8-9,11H2,1H3. The molecule has 0 radical (unpaired) electrons. The first-order valence-electron chi connectivity index (χ1n) is 8.08. The van der Waals surface area contributed by atoms with Gasteiger partial charge in [-0.2, -0.15) is 14.7 Å². The lowest BCUT2D eigenvalue weighted by Crippen LogP contribution is -2.33. The van der Waals surface area contributed by atoms with Gasteiger partial charge in [-0.05, 0) is 43.6 Å². The van der Waals surface area contributed by atoms with Gasteiger partial charge >= 0.3 is 0 Å². The van der Waals surface area contributed by atoms with Crippen molar-refractivity contribution < 1.29 is 4.74 Å². The Bertz CT molecular complexity index is 812. The molecule has 1 fully saturated rings. The molecule has 24 heavy (non-hydrogen) atoms. The van der Waals surface area contributed by atoms with Crippen LogP contribution in [0.3, 0.4) is 0 Å². The van der Waals surface area contributed by atoms with E-state index < -0.39 is 0 Å². The van der Waals surface area contributed by atoms with Crippen molar-refractivity contribution in [3.63, 3.8) is 0 Å². The van der Waals surface area contributed by atoms with Crippen molar-refractivity contribution in [2.75, 3.05) is 20.2 Å². The summed E-state index contributed by atoms with van der Waals surface area (Å²) in [5, 5.41) is 20.8. The normalized spacial score (nSPS) is 16.5. The largest absolute Gasteiger partial charge is 0.480 e. The molecule has 0 saturated carbocycles. The van der Waals surface area contributed by atoms with Crippen molar-refractivity contribution >= 4 is 5.65 Å². The molecule has 0 aromatic carbocycles. The zero-order valence-corrected chi connectivity index (χ0v) is 13.5. The number of likely N-dealkylation sites (tertiary alicyclic amines) is 1. The van der Waals surface area contributed by atoms with E-state index in [0.717, 1.165) is 43.9 Å². The van der Waals surface area contributed by atoms with Crippen molar-refractivity contribution in [2.24, 2.45) is 0 Å². The highest BCUT2D eigenvalue weighted by atomic mass is 16.5. The van der Waals surface area contributed by atoms with Crippen molar-refractivity contribution in [1.82, 2.24) is 34.9 Å². The molecule has 1 aliphatic heterocycles. The molecule has 0 bridgehead atoms. The summed E-state index contributed by atoms with van der Waals surface area (Å²) in [5.41, 5.74) is 1.96. The number of piperidine rings is 1. The van der Waals surface area contributed by atoms with E-state index in [4.69, 9.17) is 4.74 Å². The summed E-state index contributed by atoms with van der Waals surface area (Å²) in [6.07, 6.45) is 5.65. The lowest BCUT2D eigenvalue weighted by atomic mass is 9.96. The monoisotopic (exact) mass is 325 g/mol. The lowest BCUT2D eigenvalue weighted by Gasteiger charge is -2.30. The van der Waals surface area contributed by atoms with E-state index in [1.165, 1.54) is 5.56 Å². The van der Waals surface area contributed by atoms with Crippen LogP contribution in [0.2, 0.25) is 0 Å². The Kier molecular flexibility index (Phi) is 4.04. The minimum Gasteiger partial charge on any atom is -0.480 e. The highest BCUT2D eigenvalue weighted by Crippen LogP contribution is 2.27. The zero-order chi connectivity index (χ0) is 16.4. The predicted octanol–water partition coefficient (Wildman–Crippen LogP) is 1.30. The number of fused-ring (bicyclic) bond motifs is 1. The summed E-state index contributed by atoms with van der Waals surface area (Å²) in [6.45, 7) is 2.95. The molecular weight excluding hydrogens is 306 g/mol. The van der Waals surface area contributed by atoms with Crippen LogP contribution in [-0.2, 0) is 6.54 Å². The van der Waals surface area contributed by atoms with Crippen LogP contribution in [0.15, 0.2) is 30.6 Å². The molecule has 3 aromatic heterocycles. The number of ether oxygens (including phenoxy) is 1. The Hall–Kier alpha value is -2.61. The molecule has 0 aliphatic carbocycles. The molecule has 1 saturated heterocycles. The fourth-order valence-electron chi connectivity index (χ4n) is 3.17. The predicted molar refractivity (Wildman–Crippen MR) is 86.6 cm³/mol. The van der Waals surface area contributed by atoms with Crippen LogP contribution >= 0.6 is 0 Å². The minimum atomic E-state index is 0.367. The number of rotatable bonds is 4. The fourth-order valence-corrected chi connectivity index (χ4v) is 3.17. The fraction of sp³-hybridized carbons (Fsp3) is 0.438. The Labute approximate surface area is 139 Å². The third-order valence-corrected chi connectivity index (χ3v) is 4.48. The van der Waals surface area contributed by atoms with Gasteiger partial charge in [-0.3, -0.25) is 4.90 Å². The van der Waals surface area contributed by atoms with Crippen LogP contribution in [0.25, 0.3) is 5.65 Å². The molecular formula is C16H19N7O. The van der Waals surface area contributed by atoms with Crippen molar-refractivity contribution in [3.05, 3.63) is 42.0 Å². The second kappa shape index (κ2) is 6.48. The second-order valence-electron chi connectivity index (χ2n) is 6.01. The van der Waals surface area contributed by atoms with Crippen LogP contribution < -0.4 is 4.74 Å². The van der Waals surface area contributed by atoms with Crippen LogP contribution in [0.1, 0.15) is 30.1 Å². The quantitative estimate of drug-likeness (QED) is 0.715. The summed E-state index contributed by atoms with van der Waals surface area (Å²) in [7, 11) is 1.62. The van der Waals surface area contributed by atoms with Gasteiger partial charge in [-0.15, -0.1) is 15.3 Å². The van der Waals surface area contributed by atoms with E-state index >= 15 is 0 Å². The van der Waals surface area contributed by atoms with Gasteiger partial charge < -0.3 is 4.74 Å². The van der Waals surface area contributed by atoms with E-state index in [2.05, 4.69) is 30.4 Å². The van der Waals surface area contributed by atoms with Crippen LogP contribution in [0.4, 0.5) is 0 Å². The highest BCUT2D eigenvalue weighted by Gasteiger charge is 2.25. The maximum atomic E-state index is 5.21. The number of hydrogen-bond donors (Lipinski definition) is 0. The topological polar surface area (TPSA) is 81.3 Å². The van der Waals surface area contributed by atoms with Crippen LogP contribution in [-0.4, -0.2) is 55.1 Å². The average Bonchev–Trinajstić information content (AvgIpc) is 3.06. The molecule has 0 N–H and O–H groups in total. The first-order chi connectivity index (χ1) is 11.8. The summed E-state index contributed by atoms with van der Waals surface area (Å²) in [6, 6.07) is 5.70. The van der Waals surface area contributed by atoms with E-state index in [-0.39, 0.29) is 0 Å². The molecule has 0 amide bonds. The van der Waals surface area contributed by atoms with E-state index in [0.29, 0.717) is 11.8 Å². The Balaban J connectivity index is 1.46. The molecule has 4 rings (SSSR count). The minimum absolute atomic E-state index is 0.367. The van der Waals surface area contributed by atoms with Gasteiger partial charge in [-0.1, -0.05) is 0 Å². The number of hydrogen-bond acceptors (Lipinski definition) is 7. The maximum Gasteiger partial charge on any atom is 0.231 e. The molecule has 3 aromatic rings. The van der Waals surface area contributed by atoms with Crippen molar-refractivity contribution in [2.45, 2.75) is 25.3 Å². The van der Waals surface area contributed by atoms with Crippen molar-refractivity contribution in [3.8, 4) is 5.88 Å². The van der Waals surface area contributed by atoms with Gasteiger partial charge in [0.05, 0.1) is 13.3 Å². The van der Waals surface area contributed by atoms with Gasteiger partial charge in [0.15, 0.2) is 11.5 Å². The first-order valence-corrected chi connectivity index (χ1v) is 8.08. The first kappa shape index (κ1) is 14.9. The molecule has 124 valence electrons. The number of nitrogens with zero attached hydrogens (tertiary/aromatic N) is 7. The van der Waals surface area contributed by atoms with Gasteiger partial charge in [0, 0.05) is 24.7 Å². The Morgan fingerprint density at radius 1 is 1.12 bits per heavy atom. The Morgan fingerprint density at radius 3 is 2.75 bits per heavy atom. The van der Waals surface area contributed by atoms with Gasteiger partial charge in [-0.25, -0.2) is 0 Å². The molecule has 0 unspecified atom stereocenters. The smallest absolute Gasteiger partial charge is 0.231 e. The third kappa shape index (κ3) is 2.92. The summed E-state index contributed by atoms with van der Waals surface area (Å²) >= 11 is 0. The molecule has 1 aliphatic rings. The third-order valence-electron chi connectivity index (χ3n) is 4.48. The molecule has 8 nitrogen and oxygen atoms in total. The maximum absolute atomic E-state index is 5.21. The number of methoxy groups -OCH3 is 1. The summed E-state index contributed by atoms with van der Waals surface area (Å²) in [5.74, 6) is 1.87.